The summed E-state index contributed by atoms with van der Waals surface area (Å²) in [6, 6.07) is 5.97. The molecule has 0 saturated heterocycles. The van der Waals surface area contributed by atoms with Crippen LogP contribution in [0.5, 0.6) is 5.75 Å². The van der Waals surface area contributed by atoms with Crippen LogP contribution in [-0.2, 0) is 23.9 Å². The quantitative estimate of drug-likeness (QED) is 0.584. The van der Waals surface area contributed by atoms with Crippen molar-refractivity contribution in [2.45, 2.75) is 64.8 Å². The van der Waals surface area contributed by atoms with Crippen LogP contribution in [0.4, 0.5) is 0 Å². The largest absolute Gasteiger partial charge is 0.508 e. The molecule has 1 aliphatic carbocycles. The third kappa shape index (κ3) is 4.70. The first-order valence-corrected chi connectivity index (χ1v) is 9.39. The summed E-state index contributed by atoms with van der Waals surface area (Å²) in [5, 5.41) is 20.8. The van der Waals surface area contributed by atoms with Crippen molar-refractivity contribution in [2.24, 2.45) is 11.8 Å². The predicted molar refractivity (Wildman–Crippen MR) is 101 cm³/mol. The Hall–Kier alpha value is -2.41. The number of phenols is 1. The molecule has 2 N–H and O–H groups in total. The predicted octanol–water partition coefficient (Wildman–Crippen LogP) is 2.34. The Bertz CT molecular complexity index is 743. The van der Waals surface area contributed by atoms with E-state index < -0.39 is 53.3 Å². The second-order valence-corrected chi connectivity index (χ2v) is 8.05. The van der Waals surface area contributed by atoms with Crippen molar-refractivity contribution in [3.63, 3.8) is 0 Å². The molecule has 0 spiro atoms. The molecular formula is C21H28O7. The van der Waals surface area contributed by atoms with Gasteiger partial charge in [-0.1, -0.05) is 12.1 Å². The number of hydrogen-bond donors (Lipinski definition) is 2. The number of ketones is 1. The number of carbonyl (C=O) groups is 3. The fourth-order valence-corrected chi connectivity index (χ4v) is 3.76. The van der Waals surface area contributed by atoms with Crippen LogP contribution in [0.3, 0.4) is 0 Å². The van der Waals surface area contributed by atoms with E-state index in [0.29, 0.717) is 5.56 Å². The Morgan fingerprint density at radius 1 is 1.11 bits per heavy atom. The molecule has 7 nitrogen and oxygen atoms in total. The normalized spacial score (nSPS) is 27.7. The molecule has 28 heavy (non-hydrogen) atoms. The van der Waals surface area contributed by atoms with Gasteiger partial charge in [-0.05, 0) is 52.3 Å². The van der Waals surface area contributed by atoms with E-state index in [9.17, 15) is 24.6 Å². The first-order valence-electron chi connectivity index (χ1n) is 9.39. The molecule has 2 rings (SSSR count). The van der Waals surface area contributed by atoms with E-state index in [1.54, 1.807) is 39.8 Å². The van der Waals surface area contributed by atoms with Crippen LogP contribution < -0.4 is 0 Å². The average molecular weight is 392 g/mol. The lowest BCUT2D eigenvalue weighted by Crippen LogP contribution is -2.55. The Kier molecular flexibility index (Phi) is 6.49. The van der Waals surface area contributed by atoms with Crippen LogP contribution >= 0.6 is 0 Å². The standard InChI is InChI=1S/C21H28O7/c1-11(2)27-19(24)17-15(23)10-21(5,26)18(20(25)28-12(3)4)16(17)13-7-6-8-14(22)9-13/h6-9,11-12,16-18,22,26H,10H2,1-5H3/t16-,17-,18+,21+/m1/s1. The highest BCUT2D eigenvalue weighted by Gasteiger charge is 2.57. The summed E-state index contributed by atoms with van der Waals surface area (Å²) in [5.74, 6) is -5.55. The van der Waals surface area contributed by atoms with Gasteiger partial charge in [0.25, 0.3) is 0 Å². The molecular weight excluding hydrogens is 364 g/mol. The molecule has 1 aliphatic rings. The van der Waals surface area contributed by atoms with Crippen molar-refractivity contribution in [2.75, 3.05) is 0 Å². The number of aliphatic hydroxyl groups is 1. The molecule has 1 fully saturated rings. The highest BCUT2D eigenvalue weighted by molar-refractivity contribution is 6.02. The van der Waals surface area contributed by atoms with Crippen molar-refractivity contribution in [3.8, 4) is 5.75 Å². The Morgan fingerprint density at radius 3 is 2.21 bits per heavy atom. The van der Waals surface area contributed by atoms with E-state index in [-0.39, 0.29) is 12.2 Å². The van der Waals surface area contributed by atoms with Crippen LogP contribution in [0.25, 0.3) is 0 Å². The number of aromatic hydroxyl groups is 1. The van der Waals surface area contributed by atoms with E-state index in [4.69, 9.17) is 9.47 Å². The first kappa shape index (κ1) is 21.9. The van der Waals surface area contributed by atoms with E-state index in [1.807, 2.05) is 0 Å². The second-order valence-electron chi connectivity index (χ2n) is 8.05. The van der Waals surface area contributed by atoms with E-state index in [0.717, 1.165) is 0 Å². The Morgan fingerprint density at radius 2 is 1.68 bits per heavy atom. The van der Waals surface area contributed by atoms with E-state index >= 15 is 0 Å². The summed E-state index contributed by atoms with van der Waals surface area (Å²) in [7, 11) is 0. The fraction of sp³-hybridized carbons (Fsp3) is 0.571. The maximum Gasteiger partial charge on any atom is 0.317 e. The summed E-state index contributed by atoms with van der Waals surface area (Å²) < 4.78 is 10.6. The summed E-state index contributed by atoms with van der Waals surface area (Å²) in [5.41, 5.74) is -1.34. The number of rotatable bonds is 5. The molecule has 1 aromatic carbocycles. The fourth-order valence-electron chi connectivity index (χ4n) is 3.76. The topological polar surface area (TPSA) is 110 Å². The third-order valence-electron chi connectivity index (χ3n) is 4.73. The lowest BCUT2D eigenvalue weighted by molar-refractivity contribution is -0.176. The van der Waals surface area contributed by atoms with Crippen molar-refractivity contribution < 1.29 is 34.1 Å². The molecule has 0 unspecified atom stereocenters. The number of Topliss-reactive ketones (excluding diaryl/α,β-unsaturated/α-hetero) is 1. The smallest absolute Gasteiger partial charge is 0.317 e. The van der Waals surface area contributed by atoms with Crippen LogP contribution in [0.2, 0.25) is 0 Å². The highest BCUT2D eigenvalue weighted by Crippen LogP contribution is 2.47. The molecule has 1 saturated carbocycles. The summed E-state index contributed by atoms with van der Waals surface area (Å²) >= 11 is 0. The van der Waals surface area contributed by atoms with Gasteiger partial charge in [0.15, 0.2) is 5.78 Å². The minimum absolute atomic E-state index is 0.0814. The number of benzene rings is 1. The molecule has 0 aliphatic heterocycles. The molecule has 1 aromatic rings. The molecule has 7 heteroatoms. The van der Waals surface area contributed by atoms with Gasteiger partial charge in [0.05, 0.1) is 23.7 Å². The van der Waals surface area contributed by atoms with Gasteiger partial charge >= 0.3 is 11.9 Å². The van der Waals surface area contributed by atoms with Crippen LogP contribution in [0.15, 0.2) is 24.3 Å². The zero-order chi connectivity index (χ0) is 21.2. The molecule has 0 bridgehead atoms. The van der Waals surface area contributed by atoms with Gasteiger partial charge in [0.2, 0.25) is 0 Å². The van der Waals surface area contributed by atoms with Crippen LogP contribution in [-0.4, -0.2) is 45.7 Å². The minimum Gasteiger partial charge on any atom is -0.508 e. The van der Waals surface area contributed by atoms with E-state index in [2.05, 4.69) is 0 Å². The zero-order valence-corrected chi connectivity index (χ0v) is 16.8. The lowest BCUT2D eigenvalue weighted by Gasteiger charge is -2.44. The van der Waals surface area contributed by atoms with Crippen molar-refractivity contribution in [3.05, 3.63) is 29.8 Å². The van der Waals surface area contributed by atoms with E-state index in [1.165, 1.54) is 19.1 Å². The first-order chi connectivity index (χ1) is 12.9. The Balaban J connectivity index is 2.61. The van der Waals surface area contributed by atoms with Gasteiger partial charge < -0.3 is 19.7 Å². The summed E-state index contributed by atoms with van der Waals surface area (Å²) in [6.45, 7) is 8.06. The SMILES string of the molecule is CC(C)OC(=O)[C@@H]1C(=O)C[C@](C)(O)[C@H](C(=O)OC(C)C)[C@@H]1c1cccc(O)c1. The van der Waals surface area contributed by atoms with Crippen molar-refractivity contribution in [1.82, 2.24) is 0 Å². The number of carbonyl (C=O) groups excluding carboxylic acids is 3. The van der Waals surface area contributed by atoms with Crippen LogP contribution in [0, 0.1) is 11.8 Å². The van der Waals surface area contributed by atoms with Gasteiger partial charge in [-0.3, -0.25) is 14.4 Å². The number of hydrogen-bond acceptors (Lipinski definition) is 7. The van der Waals surface area contributed by atoms with Crippen molar-refractivity contribution >= 4 is 17.7 Å². The van der Waals surface area contributed by atoms with Gasteiger partial charge in [-0.25, -0.2) is 0 Å². The summed E-state index contributed by atoms with van der Waals surface area (Å²) in [6.07, 6.45) is -1.27. The second kappa shape index (κ2) is 8.31. The maximum atomic E-state index is 12.9. The van der Waals surface area contributed by atoms with Gasteiger partial charge in [0, 0.05) is 12.3 Å². The average Bonchev–Trinajstić information content (AvgIpc) is 2.51. The van der Waals surface area contributed by atoms with Crippen LogP contribution in [0.1, 0.15) is 52.5 Å². The monoisotopic (exact) mass is 392 g/mol. The maximum absolute atomic E-state index is 12.9. The highest BCUT2D eigenvalue weighted by atomic mass is 16.5. The van der Waals surface area contributed by atoms with Gasteiger partial charge in [-0.2, -0.15) is 0 Å². The number of phenolic OH excluding ortho intramolecular Hbond substituents is 1. The Labute approximate surface area is 164 Å². The van der Waals surface area contributed by atoms with Gasteiger partial charge in [-0.15, -0.1) is 0 Å². The number of ether oxygens (including phenoxy) is 2. The molecule has 0 aromatic heterocycles. The molecule has 4 atom stereocenters. The third-order valence-corrected chi connectivity index (χ3v) is 4.73. The molecule has 154 valence electrons. The zero-order valence-electron chi connectivity index (χ0n) is 16.8. The van der Waals surface area contributed by atoms with Gasteiger partial charge in [0.1, 0.15) is 11.7 Å². The molecule has 0 radical (unpaired) electrons. The summed E-state index contributed by atoms with van der Waals surface area (Å²) in [4.78, 5) is 38.4. The molecule has 0 heterocycles. The number of esters is 2. The van der Waals surface area contributed by atoms with Crippen molar-refractivity contribution in [1.29, 1.82) is 0 Å². The minimum atomic E-state index is -1.71. The lowest BCUT2D eigenvalue weighted by atomic mass is 9.61. The molecule has 0 amide bonds.